The zero-order valence-corrected chi connectivity index (χ0v) is 10.1. The first kappa shape index (κ1) is 14.0. The number of benzene rings is 1. The summed E-state index contributed by atoms with van der Waals surface area (Å²) in [6.45, 7) is 1.54. The highest BCUT2D eigenvalue weighted by Gasteiger charge is 2.49. The Morgan fingerprint density at radius 2 is 1.53 bits per heavy atom. The fraction of sp³-hybridized carbons (Fsp3) is 0.400. The van der Waals surface area contributed by atoms with E-state index in [9.17, 15) is 21.6 Å². The first-order valence-electron chi connectivity index (χ1n) is 4.72. The normalized spacial score (nSPS) is 13.7. The monoisotopic (exact) mass is 267 g/mol. The smallest absolute Gasteiger partial charge is 0.207 e. The second kappa shape index (κ2) is 4.30. The number of sulfonamides is 1. The van der Waals surface area contributed by atoms with Gasteiger partial charge in [0.05, 0.1) is 4.90 Å². The van der Waals surface area contributed by atoms with Crippen LogP contribution in [0.1, 0.15) is 13.8 Å². The van der Waals surface area contributed by atoms with Gasteiger partial charge in [0.25, 0.3) is 0 Å². The van der Waals surface area contributed by atoms with E-state index in [2.05, 4.69) is 0 Å². The van der Waals surface area contributed by atoms with Crippen molar-refractivity contribution < 1.29 is 21.6 Å². The standard InChI is InChI=1S/C10H12F3NO2S/c1-9(2,10(11,12)13)14-17(15,16)8-6-4-3-5-7-8/h3-7,14H,1-2H3. The zero-order valence-electron chi connectivity index (χ0n) is 9.25. The van der Waals surface area contributed by atoms with Gasteiger partial charge in [0.15, 0.2) is 0 Å². The minimum Gasteiger partial charge on any atom is -0.207 e. The van der Waals surface area contributed by atoms with E-state index in [1.807, 2.05) is 0 Å². The molecule has 0 radical (unpaired) electrons. The molecule has 0 aliphatic carbocycles. The average Bonchev–Trinajstić information content (AvgIpc) is 2.15. The number of hydrogen-bond acceptors (Lipinski definition) is 2. The molecule has 1 N–H and O–H groups in total. The number of alkyl halides is 3. The van der Waals surface area contributed by atoms with E-state index in [4.69, 9.17) is 0 Å². The van der Waals surface area contributed by atoms with Gasteiger partial charge in [-0.15, -0.1) is 0 Å². The minimum atomic E-state index is -4.66. The Bertz CT molecular complexity index is 480. The Hall–Kier alpha value is -1.08. The molecule has 96 valence electrons. The predicted octanol–water partition coefficient (Wildman–Crippen LogP) is 2.31. The molecule has 0 fully saturated rings. The summed E-state index contributed by atoms with van der Waals surface area (Å²) < 4.78 is 62.7. The second-order valence-corrected chi connectivity index (χ2v) is 5.72. The van der Waals surface area contributed by atoms with Gasteiger partial charge >= 0.3 is 6.18 Å². The summed E-state index contributed by atoms with van der Waals surface area (Å²) in [7, 11) is -4.17. The van der Waals surface area contributed by atoms with Crippen molar-refractivity contribution >= 4 is 10.0 Å². The molecule has 0 heterocycles. The summed E-state index contributed by atoms with van der Waals surface area (Å²) in [5, 5.41) is 0. The fourth-order valence-electron chi connectivity index (χ4n) is 1.05. The van der Waals surface area contributed by atoms with Crippen LogP contribution in [-0.4, -0.2) is 20.1 Å². The Kier molecular flexibility index (Phi) is 3.54. The highest BCUT2D eigenvalue weighted by molar-refractivity contribution is 7.89. The Labute approximate surface area is 97.7 Å². The highest BCUT2D eigenvalue weighted by Crippen LogP contribution is 2.30. The minimum absolute atomic E-state index is 0.197. The molecule has 0 saturated carbocycles. The van der Waals surface area contributed by atoms with E-state index in [1.165, 1.54) is 24.3 Å². The molecule has 17 heavy (non-hydrogen) atoms. The van der Waals surface area contributed by atoms with E-state index >= 15 is 0 Å². The van der Waals surface area contributed by atoms with Gasteiger partial charge in [0.1, 0.15) is 5.54 Å². The molecule has 7 heteroatoms. The van der Waals surface area contributed by atoms with Gasteiger partial charge in [-0.1, -0.05) is 18.2 Å². The van der Waals surface area contributed by atoms with Crippen molar-refractivity contribution in [2.45, 2.75) is 30.5 Å². The van der Waals surface area contributed by atoms with Crippen LogP contribution in [0.3, 0.4) is 0 Å². The molecule has 0 spiro atoms. The molecular weight excluding hydrogens is 255 g/mol. The van der Waals surface area contributed by atoms with Crippen molar-refractivity contribution in [2.75, 3.05) is 0 Å². The summed E-state index contributed by atoms with van der Waals surface area (Å²) in [6.07, 6.45) is -4.66. The molecule has 0 aliphatic rings. The lowest BCUT2D eigenvalue weighted by molar-refractivity contribution is -0.180. The van der Waals surface area contributed by atoms with Gasteiger partial charge in [-0.05, 0) is 26.0 Å². The van der Waals surface area contributed by atoms with E-state index in [0.29, 0.717) is 0 Å². The molecule has 1 rings (SSSR count). The third-order valence-corrected chi connectivity index (χ3v) is 3.82. The van der Waals surface area contributed by atoms with E-state index in [1.54, 1.807) is 10.8 Å². The molecular formula is C10H12F3NO2S. The van der Waals surface area contributed by atoms with Gasteiger partial charge in [-0.25, -0.2) is 8.42 Å². The van der Waals surface area contributed by atoms with Crippen LogP contribution in [-0.2, 0) is 10.0 Å². The molecule has 1 aromatic rings. The van der Waals surface area contributed by atoms with Crippen molar-refractivity contribution in [3.05, 3.63) is 30.3 Å². The third-order valence-electron chi connectivity index (χ3n) is 2.15. The van der Waals surface area contributed by atoms with Crippen LogP contribution in [0.4, 0.5) is 13.2 Å². The van der Waals surface area contributed by atoms with Gasteiger partial charge in [-0.3, -0.25) is 0 Å². The maximum Gasteiger partial charge on any atom is 0.407 e. The van der Waals surface area contributed by atoms with Crippen LogP contribution in [0, 0.1) is 0 Å². The van der Waals surface area contributed by atoms with Gasteiger partial charge in [0, 0.05) is 0 Å². The van der Waals surface area contributed by atoms with Crippen molar-refractivity contribution in [1.82, 2.24) is 4.72 Å². The fourth-order valence-corrected chi connectivity index (χ4v) is 2.47. The average molecular weight is 267 g/mol. The van der Waals surface area contributed by atoms with Gasteiger partial charge in [-0.2, -0.15) is 17.9 Å². The number of nitrogens with one attached hydrogen (secondary N) is 1. The molecule has 0 saturated heterocycles. The largest absolute Gasteiger partial charge is 0.407 e. The third kappa shape index (κ3) is 3.19. The van der Waals surface area contributed by atoms with Crippen LogP contribution in [0.5, 0.6) is 0 Å². The molecule has 0 aliphatic heterocycles. The molecule has 0 unspecified atom stereocenters. The van der Waals surface area contributed by atoms with Crippen molar-refractivity contribution in [3.8, 4) is 0 Å². The summed E-state index contributed by atoms with van der Waals surface area (Å²) >= 11 is 0. The lowest BCUT2D eigenvalue weighted by Gasteiger charge is -2.28. The first-order chi connectivity index (χ1) is 7.56. The van der Waals surface area contributed by atoms with Gasteiger partial charge in [0.2, 0.25) is 10.0 Å². The van der Waals surface area contributed by atoms with Crippen LogP contribution in [0.25, 0.3) is 0 Å². The Morgan fingerprint density at radius 3 is 1.94 bits per heavy atom. The number of rotatable bonds is 3. The topological polar surface area (TPSA) is 46.2 Å². The maximum atomic E-state index is 12.6. The van der Waals surface area contributed by atoms with Crippen molar-refractivity contribution in [3.63, 3.8) is 0 Å². The second-order valence-electron chi connectivity index (χ2n) is 4.04. The molecule has 0 bridgehead atoms. The lowest BCUT2D eigenvalue weighted by atomic mass is 10.1. The molecule has 1 aromatic carbocycles. The number of halogens is 3. The summed E-state index contributed by atoms with van der Waals surface area (Å²) in [5.74, 6) is 0. The van der Waals surface area contributed by atoms with Crippen LogP contribution in [0.15, 0.2) is 35.2 Å². The highest BCUT2D eigenvalue weighted by atomic mass is 32.2. The quantitative estimate of drug-likeness (QED) is 0.913. The SMILES string of the molecule is CC(C)(NS(=O)(=O)c1ccccc1)C(F)(F)F. The Morgan fingerprint density at radius 1 is 1.06 bits per heavy atom. The summed E-state index contributed by atoms with van der Waals surface area (Å²) in [4.78, 5) is -0.197. The summed E-state index contributed by atoms with van der Waals surface area (Å²) in [5.41, 5.74) is -2.51. The molecule has 0 amide bonds. The van der Waals surface area contributed by atoms with Gasteiger partial charge < -0.3 is 0 Å². The maximum absolute atomic E-state index is 12.6. The van der Waals surface area contributed by atoms with Crippen molar-refractivity contribution in [2.24, 2.45) is 0 Å². The van der Waals surface area contributed by atoms with Crippen LogP contribution in [0.2, 0.25) is 0 Å². The van der Waals surface area contributed by atoms with Crippen LogP contribution >= 0.6 is 0 Å². The van der Waals surface area contributed by atoms with E-state index < -0.39 is 21.7 Å². The summed E-state index contributed by atoms with van der Waals surface area (Å²) in [6, 6.07) is 6.92. The Balaban J connectivity index is 3.04. The van der Waals surface area contributed by atoms with E-state index in [0.717, 1.165) is 13.8 Å². The van der Waals surface area contributed by atoms with E-state index in [-0.39, 0.29) is 4.90 Å². The van der Waals surface area contributed by atoms with Crippen molar-refractivity contribution in [1.29, 1.82) is 0 Å². The zero-order chi connectivity index (χ0) is 13.3. The lowest BCUT2D eigenvalue weighted by Crippen LogP contribution is -2.54. The first-order valence-corrected chi connectivity index (χ1v) is 6.20. The van der Waals surface area contributed by atoms with Crippen LogP contribution < -0.4 is 4.72 Å². The predicted molar refractivity (Wildman–Crippen MR) is 56.9 cm³/mol. The number of hydrogen-bond donors (Lipinski definition) is 1. The molecule has 0 atom stereocenters. The molecule has 3 nitrogen and oxygen atoms in total. The molecule has 0 aromatic heterocycles.